The number of anilines is 2. The first-order valence-electron chi connectivity index (χ1n) is 5.48. The second-order valence-corrected chi connectivity index (χ2v) is 4.30. The molecule has 0 aliphatic heterocycles. The highest BCUT2D eigenvalue weighted by Crippen LogP contribution is 2.15. The maximum Gasteiger partial charge on any atom is 0.253 e. The van der Waals surface area contributed by atoms with Gasteiger partial charge in [-0.25, -0.2) is 9.23 Å². The molecule has 0 spiro atoms. The van der Waals surface area contributed by atoms with Crippen molar-refractivity contribution >= 4 is 23.2 Å². The van der Waals surface area contributed by atoms with Crippen LogP contribution in [0.5, 0.6) is 0 Å². The summed E-state index contributed by atoms with van der Waals surface area (Å²) in [4.78, 5) is 24.5. The quantitative estimate of drug-likeness (QED) is 0.560. The Bertz CT molecular complexity index is 680. The van der Waals surface area contributed by atoms with Crippen molar-refractivity contribution in [2.75, 3.05) is 11.1 Å². The molecule has 0 saturated heterocycles. The van der Waals surface area contributed by atoms with Gasteiger partial charge in [0.15, 0.2) is 0 Å². The third kappa shape index (κ3) is 2.59. The van der Waals surface area contributed by atoms with Gasteiger partial charge in [0, 0.05) is 18.7 Å². The van der Waals surface area contributed by atoms with E-state index in [1.165, 1.54) is 6.07 Å². The minimum absolute atomic E-state index is 0.0465. The van der Waals surface area contributed by atoms with E-state index >= 15 is 0 Å². The van der Waals surface area contributed by atoms with Crippen molar-refractivity contribution in [3.63, 3.8) is 0 Å². The summed E-state index contributed by atoms with van der Waals surface area (Å²) in [5.74, 6) is -0.414. The number of hydrogen-bond acceptors (Lipinski definition) is 5. The van der Waals surface area contributed by atoms with E-state index in [-0.39, 0.29) is 17.9 Å². The summed E-state index contributed by atoms with van der Waals surface area (Å²) in [6.07, 6.45) is 0. The Morgan fingerprint density at radius 1 is 1.21 bits per heavy atom. The average Bonchev–Trinajstić information content (AvgIpc) is 2.42. The monoisotopic (exact) mass is 283 g/mol. The summed E-state index contributed by atoms with van der Waals surface area (Å²) >= 11 is 5.38. The number of rotatable bonds is 5. The topological polar surface area (TPSA) is 84.2 Å². The lowest BCUT2D eigenvalue weighted by molar-refractivity contribution is 0.611. The van der Waals surface area contributed by atoms with Crippen LogP contribution in [0.3, 0.4) is 0 Å². The van der Waals surface area contributed by atoms with Crippen LogP contribution in [0.4, 0.5) is 15.8 Å². The molecular weight excluding hydrogens is 273 g/mol. The van der Waals surface area contributed by atoms with Crippen molar-refractivity contribution in [1.29, 1.82) is 0 Å². The summed E-state index contributed by atoms with van der Waals surface area (Å²) in [6.45, 7) is 0.452. The lowest BCUT2D eigenvalue weighted by Crippen LogP contribution is -2.37. The Morgan fingerprint density at radius 3 is 2.58 bits per heavy atom. The van der Waals surface area contributed by atoms with Crippen LogP contribution in [-0.2, 0) is 13.1 Å². The molecule has 0 fully saturated rings. The van der Waals surface area contributed by atoms with Crippen LogP contribution in [0.1, 0.15) is 11.1 Å². The first-order chi connectivity index (χ1) is 9.04. The number of benzene rings is 1. The largest absolute Gasteiger partial charge is 0.394 e. The summed E-state index contributed by atoms with van der Waals surface area (Å²) < 4.78 is 13.6. The van der Waals surface area contributed by atoms with Gasteiger partial charge in [0.1, 0.15) is 17.2 Å². The third-order valence-corrected chi connectivity index (χ3v) is 2.92. The lowest BCUT2D eigenvalue weighted by Gasteiger charge is -2.11. The molecule has 2 aromatic rings. The fourth-order valence-electron chi connectivity index (χ4n) is 1.72. The van der Waals surface area contributed by atoms with Gasteiger partial charge in [-0.15, -0.1) is 0 Å². The predicted octanol–water partition coefficient (Wildman–Crippen LogP) is 0.859. The zero-order chi connectivity index (χ0) is 14.0. The van der Waals surface area contributed by atoms with Gasteiger partial charge in [-0.2, -0.15) is 0 Å². The lowest BCUT2D eigenvalue weighted by atomic mass is 10.1. The molecule has 7 heteroatoms. The van der Waals surface area contributed by atoms with Crippen molar-refractivity contribution in [2.45, 2.75) is 13.1 Å². The minimum atomic E-state index is -0.705. The van der Waals surface area contributed by atoms with E-state index in [0.29, 0.717) is 12.1 Å². The number of nitrogens with two attached hydrogens (primary N) is 1. The minimum Gasteiger partial charge on any atom is -0.394 e. The third-order valence-electron chi connectivity index (χ3n) is 2.78. The average molecular weight is 284 g/mol. The van der Waals surface area contributed by atoms with Gasteiger partial charge in [0.25, 0.3) is 10.9 Å². The van der Waals surface area contributed by atoms with E-state index < -0.39 is 16.7 Å². The second-order valence-electron chi connectivity index (χ2n) is 4.04. The Labute approximate surface area is 113 Å². The molecule has 100 valence electrons. The van der Waals surface area contributed by atoms with Crippen LogP contribution in [-0.4, -0.2) is 0 Å². The van der Waals surface area contributed by atoms with Crippen molar-refractivity contribution in [3.8, 4) is 0 Å². The second kappa shape index (κ2) is 5.38. The molecule has 0 aliphatic carbocycles. The van der Waals surface area contributed by atoms with Crippen LogP contribution in [0.15, 0.2) is 27.8 Å². The highest BCUT2D eigenvalue weighted by molar-refractivity contribution is 6.13. The molecule has 0 aliphatic rings. The number of nitrogens with one attached hydrogen (secondary N) is 2. The highest BCUT2D eigenvalue weighted by Gasteiger charge is 2.17. The standard InChI is InChI=1S/C12H11ClFN3O2/c13-17-4-6-1-2-8(14)7(3-6)5-16-10-9(15)11(18)12(10)19/h1-3,16-17H,4-5,15H2. The van der Waals surface area contributed by atoms with E-state index in [2.05, 4.69) is 10.2 Å². The summed E-state index contributed by atoms with van der Waals surface area (Å²) in [6, 6.07) is 4.52. The number of nitrogen functional groups attached to an aromatic ring is 1. The molecule has 0 heterocycles. The Morgan fingerprint density at radius 2 is 1.95 bits per heavy atom. The van der Waals surface area contributed by atoms with Gasteiger partial charge in [0.05, 0.1) is 0 Å². The van der Waals surface area contributed by atoms with Crippen LogP contribution < -0.4 is 26.7 Å². The first kappa shape index (κ1) is 13.5. The Kier molecular flexibility index (Phi) is 3.82. The molecule has 2 rings (SSSR count). The van der Waals surface area contributed by atoms with Crippen molar-refractivity contribution in [2.24, 2.45) is 0 Å². The van der Waals surface area contributed by atoms with E-state index in [0.717, 1.165) is 5.56 Å². The molecule has 0 saturated carbocycles. The van der Waals surface area contributed by atoms with Crippen LogP contribution in [0.25, 0.3) is 0 Å². The smallest absolute Gasteiger partial charge is 0.253 e. The van der Waals surface area contributed by atoms with E-state index in [1.807, 2.05) is 0 Å². The molecule has 0 atom stereocenters. The molecule has 0 radical (unpaired) electrons. The molecule has 0 unspecified atom stereocenters. The maximum atomic E-state index is 13.6. The molecule has 0 amide bonds. The number of hydrogen-bond donors (Lipinski definition) is 3. The van der Waals surface area contributed by atoms with Crippen molar-refractivity contribution in [1.82, 2.24) is 4.84 Å². The molecular formula is C12H11ClFN3O2. The molecule has 0 aromatic heterocycles. The molecule has 5 nitrogen and oxygen atoms in total. The van der Waals surface area contributed by atoms with Gasteiger partial charge < -0.3 is 11.1 Å². The number of halogens is 2. The zero-order valence-electron chi connectivity index (χ0n) is 9.80. The first-order valence-corrected chi connectivity index (χ1v) is 5.86. The Balaban J connectivity index is 2.13. The fourth-order valence-corrected chi connectivity index (χ4v) is 1.87. The summed E-state index contributed by atoms with van der Waals surface area (Å²) in [7, 11) is 0. The van der Waals surface area contributed by atoms with Gasteiger partial charge in [-0.3, -0.25) is 9.59 Å². The van der Waals surface area contributed by atoms with E-state index in [1.54, 1.807) is 12.1 Å². The highest BCUT2D eigenvalue weighted by atomic mass is 35.5. The van der Waals surface area contributed by atoms with E-state index in [9.17, 15) is 14.0 Å². The van der Waals surface area contributed by atoms with Crippen molar-refractivity contribution < 1.29 is 4.39 Å². The summed E-state index contributed by atoms with van der Waals surface area (Å²) in [5.41, 5.74) is 5.08. The van der Waals surface area contributed by atoms with Crippen LogP contribution >= 0.6 is 11.8 Å². The molecule has 0 bridgehead atoms. The zero-order valence-corrected chi connectivity index (χ0v) is 10.6. The normalized spacial score (nSPS) is 10.8. The van der Waals surface area contributed by atoms with Gasteiger partial charge in [0.2, 0.25) is 0 Å². The molecule has 19 heavy (non-hydrogen) atoms. The fraction of sp³-hybridized carbons (Fsp3) is 0.167. The Hall–Kier alpha value is -1.92. The SMILES string of the molecule is Nc1c(NCc2cc(CNCl)ccc2F)c(=O)c1=O. The van der Waals surface area contributed by atoms with Gasteiger partial charge >= 0.3 is 0 Å². The molecule has 2 aromatic carbocycles. The summed E-state index contributed by atoms with van der Waals surface area (Å²) in [5, 5.41) is 2.67. The predicted molar refractivity (Wildman–Crippen MR) is 72.2 cm³/mol. The van der Waals surface area contributed by atoms with E-state index in [4.69, 9.17) is 17.5 Å². The van der Waals surface area contributed by atoms with Gasteiger partial charge in [-0.05, 0) is 29.5 Å². The van der Waals surface area contributed by atoms with Crippen molar-refractivity contribution in [3.05, 3.63) is 55.6 Å². The van der Waals surface area contributed by atoms with Crippen LogP contribution in [0, 0.1) is 5.82 Å². The van der Waals surface area contributed by atoms with Crippen LogP contribution in [0.2, 0.25) is 0 Å². The molecule has 4 N–H and O–H groups in total. The maximum absolute atomic E-state index is 13.6. The van der Waals surface area contributed by atoms with Gasteiger partial charge in [-0.1, -0.05) is 6.07 Å².